The standard InChI is InChI=1S/C19H18N4OS3/c1-14(16-10-6-3-7-11-16)20-21-17(24)13-26-19-23-22-18(27-19)25-12-15-8-4-2-5-9-15/h2-11H,12-13H2,1H3,(H,21,24). The number of rotatable bonds is 8. The van der Waals surface area contributed by atoms with Crippen molar-refractivity contribution in [3.8, 4) is 0 Å². The van der Waals surface area contributed by atoms with E-state index in [0.717, 1.165) is 25.7 Å². The highest BCUT2D eigenvalue weighted by molar-refractivity contribution is 8.03. The lowest BCUT2D eigenvalue weighted by Gasteiger charge is -2.01. The van der Waals surface area contributed by atoms with Crippen molar-refractivity contribution in [2.75, 3.05) is 5.75 Å². The molecule has 3 aromatic rings. The predicted octanol–water partition coefficient (Wildman–Crippen LogP) is 4.46. The largest absolute Gasteiger partial charge is 0.272 e. The summed E-state index contributed by atoms with van der Waals surface area (Å²) in [6, 6.07) is 20.0. The second kappa shape index (κ2) is 10.2. The molecule has 0 bridgehead atoms. The van der Waals surface area contributed by atoms with Gasteiger partial charge in [0.2, 0.25) is 0 Å². The van der Waals surface area contributed by atoms with E-state index in [4.69, 9.17) is 0 Å². The molecule has 8 heteroatoms. The third-order valence-corrected chi connectivity index (χ3v) is 6.72. The van der Waals surface area contributed by atoms with Crippen LogP contribution < -0.4 is 5.43 Å². The highest BCUT2D eigenvalue weighted by atomic mass is 32.2. The third-order valence-electron chi connectivity index (χ3n) is 3.46. The molecule has 0 atom stereocenters. The Balaban J connectivity index is 1.43. The number of thioether (sulfide) groups is 2. The number of carbonyl (C=O) groups excluding carboxylic acids is 1. The predicted molar refractivity (Wildman–Crippen MR) is 113 cm³/mol. The van der Waals surface area contributed by atoms with Crippen LogP contribution in [0.3, 0.4) is 0 Å². The van der Waals surface area contributed by atoms with E-state index >= 15 is 0 Å². The van der Waals surface area contributed by atoms with Crippen LogP contribution in [0.25, 0.3) is 0 Å². The summed E-state index contributed by atoms with van der Waals surface area (Å²) < 4.78 is 1.68. The summed E-state index contributed by atoms with van der Waals surface area (Å²) in [4.78, 5) is 12.0. The second-order valence-corrected chi connectivity index (χ2v) is 8.92. The molecular formula is C19H18N4OS3. The van der Waals surface area contributed by atoms with Crippen molar-refractivity contribution >= 4 is 46.5 Å². The zero-order valence-electron chi connectivity index (χ0n) is 14.7. The van der Waals surface area contributed by atoms with Crippen molar-refractivity contribution < 1.29 is 4.79 Å². The van der Waals surface area contributed by atoms with Crippen LogP contribution in [0.1, 0.15) is 18.1 Å². The lowest BCUT2D eigenvalue weighted by Crippen LogP contribution is -2.21. The van der Waals surface area contributed by atoms with Gasteiger partial charge in [-0.05, 0) is 18.1 Å². The minimum Gasteiger partial charge on any atom is -0.272 e. The number of hydrogen-bond acceptors (Lipinski definition) is 7. The molecule has 0 saturated heterocycles. The maximum Gasteiger partial charge on any atom is 0.250 e. The fourth-order valence-electron chi connectivity index (χ4n) is 2.08. The maximum absolute atomic E-state index is 12.0. The van der Waals surface area contributed by atoms with Crippen LogP contribution in [-0.2, 0) is 10.5 Å². The normalized spacial score (nSPS) is 11.4. The van der Waals surface area contributed by atoms with E-state index in [1.54, 1.807) is 11.8 Å². The Bertz CT molecular complexity index is 898. The quantitative estimate of drug-likeness (QED) is 0.335. The third kappa shape index (κ3) is 6.50. The summed E-state index contributed by atoms with van der Waals surface area (Å²) >= 11 is 4.52. The van der Waals surface area contributed by atoms with Crippen LogP contribution in [-0.4, -0.2) is 27.6 Å². The highest BCUT2D eigenvalue weighted by Gasteiger charge is 2.09. The van der Waals surface area contributed by atoms with Gasteiger partial charge in [-0.1, -0.05) is 95.5 Å². The number of hydrazone groups is 1. The van der Waals surface area contributed by atoms with Gasteiger partial charge in [-0.3, -0.25) is 4.79 Å². The van der Waals surface area contributed by atoms with Crippen molar-refractivity contribution in [3.05, 3.63) is 71.8 Å². The van der Waals surface area contributed by atoms with Gasteiger partial charge in [0.1, 0.15) is 0 Å². The number of carbonyl (C=O) groups is 1. The molecule has 0 fully saturated rings. The van der Waals surface area contributed by atoms with E-state index in [0.29, 0.717) is 0 Å². The van der Waals surface area contributed by atoms with Gasteiger partial charge in [0.25, 0.3) is 5.91 Å². The summed E-state index contributed by atoms with van der Waals surface area (Å²) in [6.45, 7) is 1.86. The van der Waals surface area contributed by atoms with Gasteiger partial charge in [-0.2, -0.15) is 5.10 Å². The van der Waals surface area contributed by atoms with Gasteiger partial charge in [0, 0.05) is 5.75 Å². The molecule has 0 radical (unpaired) electrons. The SMILES string of the molecule is CC(=NNC(=O)CSc1nnc(SCc2ccccc2)s1)c1ccccc1. The van der Waals surface area contributed by atoms with E-state index in [-0.39, 0.29) is 11.7 Å². The van der Waals surface area contributed by atoms with Gasteiger partial charge in [0.05, 0.1) is 11.5 Å². The molecule has 0 aliphatic heterocycles. The Kier molecular flexibility index (Phi) is 7.44. The molecular weight excluding hydrogens is 396 g/mol. The Morgan fingerprint density at radius 1 is 1.00 bits per heavy atom. The topological polar surface area (TPSA) is 67.2 Å². The Morgan fingerprint density at radius 3 is 2.33 bits per heavy atom. The fraction of sp³-hybridized carbons (Fsp3) is 0.158. The fourth-order valence-corrected chi connectivity index (χ4v) is 4.85. The molecule has 0 unspecified atom stereocenters. The van der Waals surface area contributed by atoms with Crippen LogP contribution in [0.2, 0.25) is 0 Å². The summed E-state index contributed by atoms with van der Waals surface area (Å²) in [5, 5.41) is 12.5. The molecule has 138 valence electrons. The average Bonchev–Trinajstić information content (AvgIpc) is 3.18. The Labute approximate surface area is 170 Å². The zero-order valence-corrected chi connectivity index (χ0v) is 17.1. The molecule has 27 heavy (non-hydrogen) atoms. The molecule has 0 spiro atoms. The molecule has 3 rings (SSSR count). The van der Waals surface area contributed by atoms with Gasteiger partial charge >= 0.3 is 0 Å². The van der Waals surface area contributed by atoms with Crippen LogP contribution in [0.5, 0.6) is 0 Å². The maximum atomic E-state index is 12.0. The minimum atomic E-state index is -0.163. The van der Waals surface area contributed by atoms with E-state index in [1.165, 1.54) is 28.7 Å². The van der Waals surface area contributed by atoms with Crippen molar-refractivity contribution in [1.82, 2.24) is 15.6 Å². The molecule has 0 aliphatic rings. The molecule has 1 aromatic heterocycles. The minimum absolute atomic E-state index is 0.163. The summed E-state index contributed by atoms with van der Waals surface area (Å²) in [7, 11) is 0. The van der Waals surface area contributed by atoms with Crippen molar-refractivity contribution in [1.29, 1.82) is 0 Å². The molecule has 0 aliphatic carbocycles. The van der Waals surface area contributed by atoms with Gasteiger partial charge in [-0.25, -0.2) is 5.43 Å². The smallest absolute Gasteiger partial charge is 0.250 e. The summed E-state index contributed by atoms with van der Waals surface area (Å²) in [5.41, 5.74) is 5.58. The average molecular weight is 415 g/mol. The second-order valence-electron chi connectivity index (χ2n) is 5.50. The number of aromatic nitrogens is 2. The monoisotopic (exact) mass is 414 g/mol. The molecule has 2 aromatic carbocycles. The highest BCUT2D eigenvalue weighted by Crippen LogP contribution is 2.30. The molecule has 1 N–H and O–H groups in total. The van der Waals surface area contributed by atoms with E-state index in [9.17, 15) is 4.79 Å². The van der Waals surface area contributed by atoms with Crippen LogP contribution in [0.4, 0.5) is 0 Å². The zero-order chi connectivity index (χ0) is 18.9. The van der Waals surface area contributed by atoms with Crippen molar-refractivity contribution in [3.63, 3.8) is 0 Å². The Morgan fingerprint density at radius 2 is 1.63 bits per heavy atom. The lowest BCUT2D eigenvalue weighted by atomic mass is 10.1. The van der Waals surface area contributed by atoms with Gasteiger partial charge in [0.15, 0.2) is 8.68 Å². The van der Waals surface area contributed by atoms with Crippen LogP contribution in [0.15, 0.2) is 74.4 Å². The Hall–Kier alpha value is -2.16. The molecule has 1 heterocycles. The first-order valence-electron chi connectivity index (χ1n) is 8.22. The van der Waals surface area contributed by atoms with Crippen LogP contribution in [0, 0.1) is 0 Å². The summed E-state index contributed by atoms with van der Waals surface area (Å²) in [6.07, 6.45) is 0. The number of amides is 1. The first-order valence-corrected chi connectivity index (χ1v) is 11.0. The number of hydrogen-bond donors (Lipinski definition) is 1. The van der Waals surface area contributed by atoms with Crippen LogP contribution >= 0.6 is 34.9 Å². The summed E-state index contributed by atoms with van der Waals surface area (Å²) in [5.74, 6) is 0.946. The number of nitrogens with one attached hydrogen (secondary N) is 1. The van der Waals surface area contributed by atoms with Crippen molar-refractivity contribution in [2.24, 2.45) is 5.10 Å². The van der Waals surface area contributed by atoms with Crippen molar-refractivity contribution in [2.45, 2.75) is 21.4 Å². The molecule has 0 saturated carbocycles. The van der Waals surface area contributed by atoms with E-state index < -0.39 is 0 Å². The van der Waals surface area contributed by atoms with Gasteiger partial charge in [-0.15, -0.1) is 10.2 Å². The number of nitrogens with zero attached hydrogens (tertiary/aromatic N) is 3. The lowest BCUT2D eigenvalue weighted by molar-refractivity contribution is -0.118. The van der Waals surface area contributed by atoms with Gasteiger partial charge < -0.3 is 0 Å². The first-order chi connectivity index (χ1) is 13.2. The first kappa shape index (κ1) is 19.6. The molecule has 5 nitrogen and oxygen atoms in total. The number of benzene rings is 2. The molecule has 1 amide bonds. The van der Waals surface area contributed by atoms with E-state index in [1.807, 2.05) is 55.5 Å². The van der Waals surface area contributed by atoms with E-state index in [2.05, 4.69) is 32.9 Å².